The third-order valence-electron chi connectivity index (χ3n) is 2.48. The van der Waals surface area contributed by atoms with Crippen LogP contribution in [0.15, 0.2) is 39.5 Å². The fraction of sp³-hybridized carbons (Fsp3) is 0.154. The number of hydrogen-bond donors (Lipinski definition) is 0. The van der Waals surface area contributed by atoms with Crippen molar-refractivity contribution in [1.82, 2.24) is 4.90 Å². The Morgan fingerprint density at radius 2 is 2.06 bits per heavy atom. The highest BCUT2D eigenvalue weighted by molar-refractivity contribution is 9.11. The van der Waals surface area contributed by atoms with Gasteiger partial charge in [-0.3, -0.25) is 4.79 Å². The summed E-state index contributed by atoms with van der Waals surface area (Å²) in [5.41, 5.74) is 1.57. The molecule has 2 nitrogen and oxygen atoms in total. The van der Waals surface area contributed by atoms with Crippen molar-refractivity contribution < 1.29 is 9.18 Å². The van der Waals surface area contributed by atoms with Gasteiger partial charge in [0.2, 0.25) is 0 Å². The summed E-state index contributed by atoms with van der Waals surface area (Å²) < 4.78 is 13.8. The predicted molar refractivity (Wildman–Crippen MR) is 74.2 cm³/mol. The van der Waals surface area contributed by atoms with Crippen molar-refractivity contribution in [3.05, 3.63) is 56.4 Å². The van der Waals surface area contributed by atoms with Crippen molar-refractivity contribution in [2.45, 2.75) is 6.54 Å². The lowest BCUT2D eigenvalue weighted by Crippen LogP contribution is -2.25. The summed E-state index contributed by atoms with van der Waals surface area (Å²) in [6, 6.07) is 7.57. The van der Waals surface area contributed by atoms with Gasteiger partial charge < -0.3 is 4.90 Å². The topological polar surface area (TPSA) is 20.3 Å². The number of amides is 1. The highest BCUT2D eigenvalue weighted by atomic mass is 79.9. The van der Waals surface area contributed by atoms with Crippen molar-refractivity contribution in [1.29, 1.82) is 0 Å². The minimum Gasteiger partial charge on any atom is -0.337 e. The third-order valence-corrected chi connectivity index (χ3v) is 4.03. The van der Waals surface area contributed by atoms with Gasteiger partial charge >= 0.3 is 0 Å². The average molecular weight is 328 g/mol. The zero-order chi connectivity index (χ0) is 13.1. The van der Waals surface area contributed by atoms with Gasteiger partial charge in [0.25, 0.3) is 5.91 Å². The summed E-state index contributed by atoms with van der Waals surface area (Å²) in [5, 5.41) is 2.00. The predicted octanol–water partition coefficient (Wildman–Crippen LogP) is 3.92. The van der Waals surface area contributed by atoms with E-state index in [1.165, 1.54) is 24.3 Å². The Balaban J connectivity index is 2.07. The SMILES string of the molecule is CN(Cc1csc(Br)c1)C(=O)c1ccc(F)cc1. The number of rotatable bonds is 3. The zero-order valence-corrected chi connectivity index (χ0v) is 12.1. The summed E-state index contributed by atoms with van der Waals surface area (Å²) in [6.07, 6.45) is 0. The van der Waals surface area contributed by atoms with Gasteiger partial charge in [0.05, 0.1) is 3.79 Å². The molecule has 0 spiro atoms. The molecule has 94 valence electrons. The summed E-state index contributed by atoms with van der Waals surface area (Å²) >= 11 is 4.97. The van der Waals surface area contributed by atoms with Gasteiger partial charge in [-0.15, -0.1) is 11.3 Å². The normalized spacial score (nSPS) is 10.4. The second-order valence-electron chi connectivity index (χ2n) is 3.93. The minimum atomic E-state index is -0.337. The molecular formula is C13H11BrFNOS. The first-order chi connectivity index (χ1) is 8.56. The van der Waals surface area contributed by atoms with Gasteiger partial charge in [0.15, 0.2) is 0 Å². The molecule has 0 unspecified atom stereocenters. The van der Waals surface area contributed by atoms with E-state index in [2.05, 4.69) is 15.9 Å². The molecule has 2 aromatic rings. The number of benzene rings is 1. The second-order valence-corrected chi connectivity index (χ2v) is 6.22. The molecule has 0 radical (unpaired) electrons. The van der Waals surface area contributed by atoms with Crippen LogP contribution >= 0.6 is 27.3 Å². The maximum Gasteiger partial charge on any atom is 0.253 e. The summed E-state index contributed by atoms with van der Waals surface area (Å²) in [4.78, 5) is 13.7. The first kappa shape index (κ1) is 13.2. The molecule has 0 aliphatic carbocycles. The van der Waals surface area contributed by atoms with E-state index in [1.807, 2.05) is 11.4 Å². The standard InChI is InChI=1S/C13H11BrFNOS/c1-16(7-9-6-12(14)18-8-9)13(17)10-2-4-11(15)5-3-10/h2-6,8H,7H2,1H3. The molecule has 5 heteroatoms. The second kappa shape index (κ2) is 5.63. The summed E-state index contributed by atoms with van der Waals surface area (Å²) in [5.74, 6) is -0.451. The van der Waals surface area contributed by atoms with E-state index in [1.54, 1.807) is 23.3 Å². The van der Waals surface area contributed by atoms with E-state index >= 15 is 0 Å². The van der Waals surface area contributed by atoms with Gasteiger partial charge in [0, 0.05) is 19.2 Å². The quantitative estimate of drug-likeness (QED) is 0.836. The van der Waals surface area contributed by atoms with Crippen LogP contribution in [0, 0.1) is 5.82 Å². The van der Waals surface area contributed by atoms with Crippen LogP contribution in [0.25, 0.3) is 0 Å². The Morgan fingerprint density at radius 1 is 1.39 bits per heavy atom. The fourth-order valence-electron chi connectivity index (χ4n) is 1.59. The molecule has 18 heavy (non-hydrogen) atoms. The van der Waals surface area contributed by atoms with E-state index in [0.29, 0.717) is 12.1 Å². The number of hydrogen-bond acceptors (Lipinski definition) is 2. The molecular weight excluding hydrogens is 317 g/mol. The van der Waals surface area contributed by atoms with Gasteiger partial charge in [-0.05, 0) is 57.2 Å². The molecule has 0 fully saturated rings. The van der Waals surface area contributed by atoms with Crippen LogP contribution in [-0.2, 0) is 6.54 Å². The molecule has 0 N–H and O–H groups in total. The Bertz CT molecular complexity index is 552. The minimum absolute atomic E-state index is 0.114. The summed E-state index contributed by atoms with van der Waals surface area (Å²) in [6.45, 7) is 0.540. The Kier molecular flexibility index (Phi) is 4.14. The molecule has 1 aromatic heterocycles. The highest BCUT2D eigenvalue weighted by Gasteiger charge is 2.12. The van der Waals surface area contributed by atoms with E-state index in [0.717, 1.165) is 9.35 Å². The molecule has 0 aliphatic rings. The van der Waals surface area contributed by atoms with Crippen LogP contribution in [0.5, 0.6) is 0 Å². The zero-order valence-electron chi connectivity index (χ0n) is 9.69. The lowest BCUT2D eigenvalue weighted by Gasteiger charge is -2.16. The van der Waals surface area contributed by atoms with Crippen LogP contribution in [0.2, 0.25) is 0 Å². The van der Waals surface area contributed by atoms with Crippen LogP contribution in [0.1, 0.15) is 15.9 Å². The lowest BCUT2D eigenvalue weighted by atomic mass is 10.2. The van der Waals surface area contributed by atoms with E-state index in [9.17, 15) is 9.18 Å². The molecule has 0 atom stereocenters. The molecule has 1 aromatic carbocycles. The van der Waals surface area contributed by atoms with Crippen LogP contribution in [0.3, 0.4) is 0 Å². The molecule has 0 saturated heterocycles. The fourth-order valence-corrected chi connectivity index (χ4v) is 2.79. The van der Waals surface area contributed by atoms with E-state index in [-0.39, 0.29) is 11.7 Å². The first-order valence-electron chi connectivity index (χ1n) is 5.30. The number of carbonyl (C=O) groups is 1. The van der Waals surface area contributed by atoms with Gasteiger partial charge in [-0.2, -0.15) is 0 Å². The van der Waals surface area contributed by atoms with Crippen molar-refractivity contribution in [2.24, 2.45) is 0 Å². The van der Waals surface area contributed by atoms with E-state index < -0.39 is 0 Å². The monoisotopic (exact) mass is 327 g/mol. The Morgan fingerprint density at radius 3 is 2.61 bits per heavy atom. The molecule has 2 rings (SSSR count). The number of halogens is 2. The van der Waals surface area contributed by atoms with Crippen molar-refractivity contribution in [2.75, 3.05) is 7.05 Å². The summed E-state index contributed by atoms with van der Waals surface area (Å²) in [7, 11) is 1.73. The molecule has 0 aliphatic heterocycles. The van der Waals surface area contributed by atoms with Crippen molar-refractivity contribution in [3.8, 4) is 0 Å². The van der Waals surface area contributed by atoms with Gasteiger partial charge in [-0.1, -0.05) is 0 Å². The molecule has 1 heterocycles. The van der Waals surface area contributed by atoms with Crippen molar-refractivity contribution >= 4 is 33.2 Å². The van der Waals surface area contributed by atoms with E-state index in [4.69, 9.17) is 0 Å². The number of nitrogens with zero attached hydrogens (tertiary/aromatic N) is 1. The van der Waals surface area contributed by atoms with Gasteiger partial charge in [-0.25, -0.2) is 4.39 Å². The molecule has 0 bridgehead atoms. The smallest absolute Gasteiger partial charge is 0.253 e. The number of thiophene rings is 1. The molecule has 0 saturated carbocycles. The number of carbonyl (C=O) groups excluding carboxylic acids is 1. The maximum absolute atomic E-state index is 12.8. The largest absolute Gasteiger partial charge is 0.337 e. The van der Waals surface area contributed by atoms with Crippen LogP contribution in [-0.4, -0.2) is 17.9 Å². The third kappa shape index (κ3) is 3.17. The average Bonchev–Trinajstić information content (AvgIpc) is 2.75. The Labute approximate surface area is 117 Å². The molecule has 1 amide bonds. The highest BCUT2D eigenvalue weighted by Crippen LogP contribution is 2.21. The van der Waals surface area contributed by atoms with Crippen molar-refractivity contribution in [3.63, 3.8) is 0 Å². The van der Waals surface area contributed by atoms with Crippen LogP contribution in [0.4, 0.5) is 4.39 Å². The first-order valence-corrected chi connectivity index (χ1v) is 6.97. The van der Waals surface area contributed by atoms with Gasteiger partial charge in [0.1, 0.15) is 5.82 Å². The maximum atomic E-state index is 12.8. The Hall–Kier alpha value is -1.20. The van der Waals surface area contributed by atoms with Crippen LogP contribution < -0.4 is 0 Å². The lowest BCUT2D eigenvalue weighted by molar-refractivity contribution is 0.0785.